The van der Waals surface area contributed by atoms with Crippen molar-refractivity contribution in [1.82, 2.24) is 10.9 Å². The quantitative estimate of drug-likeness (QED) is 0.651. The van der Waals surface area contributed by atoms with Gasteiger partial charge in [0.2, 0.25) is 0 Å². The Morgan fingerprint density at radius 1 is 1.00 bits per heavy atom. The van der Waals surface area contributed by atoms with E-state index in [4.69, 9.17) is 4.74 Å². The van der Waals surface area contributed by atoms with Crippen LogP contribution in [0, 0.1) is 20.8 Å². The van der Waals surface area contributed by atoms with E-state index in [2.05, 4.69) is 10.9 Å². The van der Waals surface area contributed by atoms with Gasteiger partial charge in [-0.25, -0.2) is 0 Å². The molecule has 0 aliphatic heterocycles. The number of amides is 2. The van der Waals surface area contributed by atoms with Crippen LogP contribution in [0.3, 0.4) is 0 Å². The molecule has 2 rings (SSSR count). The predicted octanol–water partition coefficient (Wildman–Crippen LogP) is 2.85. The lowest BCUT2D eigenvalue weighted by molar-refractivity contribution is -0.128. The molecule has 0 bridgehead atoms. The Kier molecular flexibility index (Phi) is 6.34. The summed E-state index contributed by atoms with van der Waals surface area (Å²) in [5, 5.41) is 0. The van der Waals surface area contributed by atoms with Crippen LogP contribution in [0.15, 0.2) is 48.5 Å². The van der Waals surface area contributed by atoms with E-state index in [1.165, 1.54) is 6.08 Å². The molecular weight excluding hydrogens is 316 g/mol. The monoisotopic (exact) mass is 338 g/mol. The number of nitrogens with one attached hydrogen (secondary N) is 2. The highest BCUT2D eigenvalue weighted by atomic mass is 16.5. The molecule has 2 aromatic rings. The molecule has 0 unspecified atom stereocenters. The number of rotatable bonds is 5. The fourth-order valence-electron chi connectivity index (χ4n) is 2.08. The Bertz CT molecular complexity index is 780. The zero-order valence-electron chi connectivity index (χ0n) is 14.6. The summed E-state index contributed by atoms with van der Waals surface area (Å²) >= 11 is 0. The minimum Gasteiger partial charge on any atom is -0.483 e. The maximum absolute atomic E-state index is 11.8. The summed E-state index contributed by atoms with van der Waals surface area (Å²) < 4.78 is 5.47. The summed E-state index contributed by atoms with van der Waals surface area (Å²) in [6.45, 7) is 5.73. The minimum atomic E-state index is -0.432. The second-order valence-electron chi connectivity index (χ2n) is 5.77. The lowest BCUT2D eigenvalue weighted by atomic mass is 10.1. The van der Waals surface area contributed by atoms with Crippen molar-refractivity contribution in [3.63, 3.8) is 0 Å². The third-order valence-corrected chi connectivity index (χ3v) is 3.74. The first-order chi connectivity index (χ1) is 12.0. The minimum absolute atomic E-state index is 0.174. The molecule has 5 nitrogen and oxygen atoms in total. The van der Waals surface area contributed by atoms with Gasteiger partial charge in [0.1, 0.15) is 5.75 Å². The molecule has 0 fully saturated rings. The molecule has 0 atom stereocenters. The number of aryl methyl sites for hydroxylation is 2. The van der Waals surface area contributed by atoms with Gasteiger partial charge in [0.05, 0.1) is 0 Å². The van der Waals surface area contributed by atoms with E-state index in [1.807, 2.05) is 57.2 Å². The number of benzene rings is 2. The topological polar surface area (TPSA) is 67.4 Å². The van der Waals surface area contributed by atoms with Crippen LogP contribution in [0.1, 0.15) is 22.3 Å². The van der Waals surface area contributed by atoms with E-state index in [0.29, 0.717) is 5.75 Å². The van der Waals surface area contributed by atoms with E-state index < -0.39 is 11.8 Å². The van der Waals surface area contributed by atoms with Crippen LogP contribution in [0.2, 0.25) is 0 Å². The van der Waals surface area contributed by atoms with Crippen molar-refractivity contribution in [2.75, 3.05) is 6.61 Å². The normalized spacial score (nSPS) is 10.5. The third kappa shape index (κ3) is 5.80. The Labute approximate surface area is 147 Å². The van der Waals surface area contributed by atoms with Crippen LogP contribution in [0.25, 0.3) is 6.08 Å². The number of carbonyl (C=O) groups excluding carboxylic acids is 2. The van der Waals surface area contributed by atoms with Gasteiger partial charge in [-0.2, -0.15) is 0 Å². The molecule has 0 radical (unpaired) electrons. The van der Waals surface area contributed by atoms with Crippen LogP contribution in [-0.4, -0.2) is 18.4 Å². The van der Waals surface area contributed by atoms with Crippen molar-refractivity contribution in [3.05, 3.63) is 70.8 Å². The highest BCUT2D eigenvalue weighted by molar-refractivity contribution is 5.93. The molecule has 2 N–H and O–H groups in total. The van der Waals surface area contributed by atoms with E-state index in [-0.39, 0.29) is 6.61 Å². The van der Waals surface area contributed by atoms with E-state index in [1.54, 1.807) is 12.1 Å². The van der Waals surface area contributed by atoms with Gasteiger partial charge in [-0.3, -0.25) is 20.4 Å². The van der Waals surface area contributed by atoms with Crippen LogP contribution >= 0.6 is 0 Å². The molecule has 2 amide bonds. The summed E-state index contributed by atoms with van der Waals surface area (Å²) in [6, 6.07) is 13.4. The van der Waals surface area contributed by atoms with Gasteiger partial charge in [-0.15, -0.1) is 0 Å². The van der Waals surface area contributed by atoms with Crippen molar-refractivity contribution in [1.29, 1.82) is 0 Å². The zero-order chi connectivity index (χ0) is 18.2. The molecule has 0 aliphatic rings. The molecule has 130 valence electrons. The molecule has 0 saturated heterocycles. The van der Waals surface area contributed by atoms with Gasteiger partial charge >= 0.3 is 0 Å². The summed E-state index contributed by atoms with van der Waals surface area (Å²) in [5.74, 6) is -0.195. The van der Waals surface area contributed by atoms with Gasteiger partial charge in [-0.1, -0.05) is 42.0 Å². The smallest absolute Gasteiger partial charge is 0.276 e. The molecule has 2 aromatic carbocycles. The molecule has 5 heteroatoms. The van der Waals surface area contributed by atoms with E-state index >= 15 is 0 Å². The lowest BCUT2D eigenvalue weighted by Crippen LogP contribution is -2.43. The van der Waals surface area contributed by atoms with Crippen molar-refractivity contribution in [3.8, 4) is 5.75 Å². The zero-order valence-corrected chi connectivity index (χ0v) is 14.6. The first kappa shape index (κ1) is 18.3. The van der Waals surface area contributed by atoms with Gasteiger partial charge in [0.25, 0.3) is 11.8 Å². The summed E-state index contributed by atoms with van der Waals surface area (Å²) in [6.07, 6.45) is 3.03. The first-order valence-electron chi connectivity index (χ1n) is 7.98. The SMILES string of the molecule is Cc1ccc(/C=C/C(=O)NNC(=O)COc2cccc(C)c2C)cc1. The molecule has 0 spiro atoms. The number of hydrogen-bond acceptors (Lipinski definition) is 3. The van der Waals surface area contributed by atoms with Crippen molar-refractivity contribution < 1.29 is 14.3 Å². The van der Waals surface area contributed by atoms with Gasteiger partial charge in [0, 0.05) is 6.08 Å². The summed E-state index contributed by atoms with van der Waals surface area (Å²) in [7, 11) is 0. The van der Waals surface area contributed by atoms with Gasteiger partial charge < -0.3 is 4.74 Å². The third-order valence-electron chi connectivity index (χ3n) is 3.74. The Morgan fingerprint density at radius 2 is 1.72 bits per heavy atom. The maximum Gasteiger partial charge on any atom is 0.276 e. The van der Waals surface area contributed by atoms with Crippen LogP contribution < -0.4 is 15.6 Å². The first-order valence-corrected chi connectivity index (χ1v) is 7.98. The highest BCUT2D eigenvalue weighted by Crippen LogP contribution is 2.20. The molecule has 0 saturated carbocycles. The van der Waals surface area contributed by atoms with Gasteiger partial charge in [0.15, 0.2) is 6.61 Å². The second kappa shape index (κ2) is 8.68. The largest absolute Gasteiger partial charge is 0.483 e. The van der Waals surface area contributed by atoms with Crippen LogP contribution in [0.5, 0.6) is 5.75 Å². The summed E-state index contributed by atoms with van der Waals surface area (Å²) in [4.78, 5) is 23.5. The number of carbonyl (C=O) groups is 2. The highest BCUT2D eigenvalue weighted by Gasteiger charge is 2.06. The molecular formula is C20H22N2O3. The average Bonchev–Trinajstić information content (AvgIpc) is 2.60. The van der Waals surface area contributed by atoms with Crippen molar-refractivity contribution in [2.24, 2.45) is 0 Å². The van der Waals surface area contributed by atoms with Crippen molar-refractivity contribution >= 4 is 17.9 Å². The number of hydrogen-bond donors (Lipinski definition) is 2. The Balaban J connectivity index is 1.76. The number of hydrazine groups is 1. The molecule has 0 aliphatic carbocycles. The fourth-order valence-corrected chi connectivity index (χ4v) is 2.08. The number of ether oxygens (including phenoxy) is 1. The molecule has 0 aromatic heterocycles. The molecule has 25 heavy (non-hydrogen) atoms. The van der Waals surface area contributed by atoms with Gasteiger partial charge in [-0.05, 0) is 49.6 Å². The van der Waals surface area contributed by atoms with Crippen molar-refractivity contribution in [2.45, 2.75) is 20.8 Å². The molecule has 0 heterocycles. The summed E-state index contributed by atoms with van der Waals surface area (Å²) in [5.41, 5.74) is 8.77. The van der Waals surface area contributed by atoms with E-state index in [0.717, 1.165) is 22.3 Å². The Hall–Kier alpha value is -3.08. The predicted molar refractivity (Wildman–Crippen MR) is 97.9 cm³/mol. The van der Waals surface area contributed by atoms with Crippen LogP contribution in [-0.2, 0) is 9.59 Å². The second-order valence-corrected chi connectivity index (χ2v) is 5.77. The average molecular weight is 338 g/mol. The van der Waals surface area contributed by atoms with E-state index in [9.17, 15) is 9.59 Å². The maximum atomic E-state index is 11.8. The lowest BCUT2D eigenvalue weighted by Gasteiger charge is -2.11. The Morgan fingerprint density at radius 3 is 2.44 bits per heavy atom. The standard InChI is InChI=1S/C20H22N2O3/c1-14-7-9-17(10-8-14)11-12-19(23)21-22-20(24)13-25-18-6-4-5-15(2)16(18)3/h4-12H,13H2,1-3H3,(H,21,23)(H,22,24)/b12-11+. The fraction of sp³-hybridized carbons (Fsp3) is 0.200. The van der Waals surface area contributed by atoms with Crippen LogP contribution in [0.4, 0.5) is 0 Å².